The summed E-state index contributed by atoms with van der Waals surface area (Å²) in [6, 6.07) is 7.96. The van der Waals surface area contributed by atoms with Gasteiger partial charge in [-0.15, -0.1) is 24.0 Å². The van der Waals surface area contributed by atoms with Gasteiger partial charge in [-0.3, -0.25) is 4.99 Å². The SMILES string of the molecule is CCNC(=NCCCc1nn(-c2ccc(F)cc2)c(N)c1C#N)NCCCCOCC.I. The number of unbranched alkanes of at least 4 members (excludes halogenated alkanes) is 1. The summed E-state index contributed by atoms with van der Waals surface area (Å²) >= 11 is 0. The molecule has 0 unspecified atom stereocenters. The van der Waals surface area contributed by atoms with Gasteiger partial charge in [-0.25, -0.2) is 9.07 Å². The van der Waals surface area contributed by atoms with E-state index in [4.69, 9.17) is 10.5 Å². The Balaban J connectivity index is 0.00000512. The topological polar surface area (TPSA) is 113 Å². The van der Waals surface area contributed by atoms with Crippen molar-refractivity contribution >= 4 is 35.8 Å². The van der Waals surface area contributed by atoms with Gasteiger partial charge >= 0.3 is 0 Å². The predicted molar refractivity (Wildman–Crippen MR) is 136 cm³/mol. The quantitative estimate of drug-likeness (QED) is 0.160. The summed E-state index contributed by atoms with van der Waals surface area (Å²) in [5.41, 5.74) is 7.69. The maximum absolute atomic E-state index is 13.2. The molecule has 0 bridgehead atoms. The Morgan fingerprint density at radius 2 is 1.97 bits per heavy atom. The second-order valence-electron chi connectivity index (χ2n) is 6.90. The fourth-order valence-corrected chi connectivity index (χ4v) is 3.01. The minimum Gasteiger partial charge on any atom is -0.382 e. The molecule has 1 aromatic heterocycles. The van der Waals surface area contributed by atoms with Crippen LogP contribution in [0.5, 0.6) is 0 Å². The van der Waals surface area contributed by atoms with Crippen LogP contribution in [-0.2, 0) is 11.2 Å². The molecule has 0 aliphatic heterocycles. The van der Waals surface area contributed by atoms with Crippen molar-refractivity contribution in [2.75, 3.05) is 38.6 Å². The van der Waals surface area contributed by atoms with Gasteiger partial charge in [-0.1, -0.05) is 0 Å². The molecule has 0 aliphatic carbocycles. The van der Waals surface area contributed by atoms with Crippen molar-refractivity contribution in [3.8, 4) is 11.8 Å². The normalized spacial score (nSPS) is 11.0. The number of nitrogens with zero attached hydrogens (tertiary/aromatic N) is 4. The smallest absolute Gasteiger partial charge is 0.191 e. The van der Waals surface area contributed by atoms with Crippen LogP contribution in [0.1, 0.15) is 44.4 Å². The zero-order chi connectivity index (χ0) is 22.5. The number of guanidine groups is 1. The number of nitriles is 1. The molecule has 0 saturated heterocycles. The first-order valence-electron chi connectivity index (χ1n) is 10.7. The van der Waals surface area contributed by atoms with Crippen LogP contribution in [0.25, 0.3) is 5.69 Å². The lowest BCUT2D eigenvalue weighted by atomic mass is 10.1. The summed E-state index contributed by atoms with van der Waals surface area (Å²) in [5.74, 6) is 0.693. The minimum absolute atomic E-state index is 0. The molecule has 176 valence electrons. The van der Waals surface area contributed by atoms with E-state index in [9.17, 15) is 9.65 Å². The highest BCUT2D eigenvalue weighted by Gasteiger charge is 2.16. The molecule has 32 heavy (non-hydrogen) atoms. The van der Waals surface area contributed by atoms with Crippen LogP contribution in [0.4, 0.5) is 10.2 Å². The first kappa shape index (κ1) is 27.6. The Hall–Kier alpha value is -2.39. The molecule has 2 rings (SSSR count). The van der Waals surface area contributed by atoms with Gasteiger partial charge in [-0.2, -0.15) is 10.4 Å². The zero-order valence-corrected chi connectivity index (χ0v) is 21.1. The molecule has 0 fully saturated rings. The van der Waals surface area contributed by atoms with Gasteiger partial charge in [-0.05, 0) is 63.8 Å². The number of hydrogen-bond donors (Lipinski definition) is 3. The number of ether oxygens (including phenoxy) is 1. The van der Waals surface area contributed by atoms with Crippen molar-refractivity contribution in [2.45, 2.75) is 39.5 Å². The highest BCUT2D eigenvalue weighted by molar-refractivity contribution is 14.0. The molecule has 0 amide bonds. The second-order valence-corrected chi connectivity index (χ2v) is 6.90. The van der Waals surface area contributed by atoms with Crippen molar-refractivity contribution in [1.29, 1.82) is 5.26 Å². The molecular weight excluding hydrogens is 524 g/mol. The number of rotatable bonds is 12. The lowest BCUT2D eigenvalue weighted by Gasteiger charge is -2.11. The van der Waals surface area contributed by atoms with Gasteiger partial charge in [0.05, 0.1) is 11.4 Å². The third-order valence-corrected chi connectivity index (χ3v) is 4.57. The first-order valence-corrected chi connectivity index (χ1v) is 10.7. The largest absolute Gasteiger partial charge is 0.382 e. The van der Waals surface area contributed by atoms with Gasteiger partial charge in [0.1, 0.15) is 23.3 Å². The van der Waals surface area contributed by atoms with Crippen LogP contribution in [0.2, 0.25) is 0 Å². The molecule has 0 spiro atoms. The summed E-state index contributed by atoms with van der Waals surface area (Å²) in [4.78, 5) is 4.59. The number of nitrogens with two attached hydrogens (primary N) is 1. The number of halogens is 2. The van der Waals surface area contributed by atoms with Gasteiger partial charge in [0.15, 0.2) is 5.96 Å². The van der Waals surface area contributed by atoms with Crippen molar-refractivity contribution < 1.29 is 9.13 Å². The summed E-state index contributed by atoms with van der Waals surface area (Å²) in [5, 5.41) is 20.5. The van der Waals surface area contributed by atoms with E-state index >= 15 is 0 Å². The molecule has 0 radical (unpaired) electrons. The number of anilines is 1. The van der Waals surface area contributed by atoms with Crippen molar-refractivity contribution in [3.63, 3.8) is 0 Å². The molecule has 1 aromatic carbocycles. The molecular formula is C22H33FIN7O. The maximum atomic E-state index is 13.2. The Kier molecular flexibility index (Phi) is 13.3. The summed E-state index contributed by atoms with van der Waals surface area (Å²) in [6.07, 6.45) is 3.30. The van der Waals surface area contributed by atoms with E-state index in [-0.39, 0.29) is 35.6 Å². The molecule has 0 atom stereocenters. The highest BCUT2D eigenvalue weighted by Crippen LogP contribution is 2.21. The monoisotopic (exact) mass is 557 g/mol. The fraction of sp³-hybridized carbons (Fsp3) is 0.500. The van der Waals surface area contributed by atoms with Gasteiger partial charge in [0, 0.05) is 32.8 Å². The summed E-state index contributed by atoms with van der Waals surface area (Å²) < 4.78 is 20.0. The predicted octanol–water partition coefficient (Wildman–Crippen LogP) is 3.39. The second kappa shape index (κ2) is 15.4. The van der Waals surface area contributed by atoms with Gasteiger partial charge in [0.25, 0.3) is 0 Å². The van der Waals surface area contributed by atoms with E-state index in [2.05, 4.69) is 26.8 Å². The van der Waals surface area contributed by atoms with Crippen LogP contribution in [0, 0.1) is 17.1 Å². The van der Waals surface area contributed by atoms with Crippen molar-refractivity contribution in [3.05, 3.63) is 41.3 Å². The molecule has 0 aliphatic rings. The zero-order valence-electron chi connectivity index (χ0n) is 18.7. The minimum atomic E-state index is -0.340. The Labute approximate surface area is 206 Å². The lowest BCUT2D eigenvalue weighted by molar-refractivity contribution is 0.143. The van der Waals surface area contributed by atoms with E-state index in [0.29, 0.717) is 29.9 Å². The Morgan fingerprint density at radius 3 is 2.62 bits per heavy atom. The third kappa shape index (κ3) is 8.63. The molecule has 0 saturated carbocycles. The van der Waals surface area contributed by atoms with E-state index in [0.717, 1.165) is 51.5 Å². The van der Waals surface area contributed by atoms with E-state index in [1.807, 2.05) is 13.8 Å². The van der Waals surface area contributed by atoms with E-state index in [1.54, 1.807) is 12.1 Å². The van der Waals surface area contributed by atoms with Crippen LogP contribution in [0.15, 0.2) is 29.3 Å². The molecule has 4 N–H and O–H groups in total. The first-order chi connectivity index (χ1) is 15.1. The van der Waals surface area contributed by atoms with Gasteiger partial charge < -0.3 is 21.1 Å². The average molecular weight is 557 g/mol. The van der Waals surface area contributed by atoms with E-state index < -0.39 is 0 Å². The van der Waals surface area contributed by atoms with Crippen molar-refractivity contribution in [1.82, 2.24) is 20.4 Å². The van der Waals surface area contributed by atoms with Crippen molar-refractivity contribution in [2.24, 2.45) is 4.99 Å². The third-order valence-electron chi connectivity index (χ3n) is 4.57. The van der Waals surface area contributed by atoms with Crippen LogP contribution >= 0.6 is 24.0 Å². The molecule has 10 heteroatoms. The van der Waals surface area contributed by atoms with Crippen LogP contribution in [0.3, 0.4) is 0 Å². The van der Waals surface area contributed by atoms with E-state index in [1.165, 1.54) is 16.8 Å². The van der Waals surface area contributed by atoms with Gasteiger partial charge in [0.2, 0.25) is 0 Å². The molecule has 1 heterocycles. The number of aromatic nitrogens is 2. The molecule has 8 nitrogen and oxygen atoms in total. The number of aliphatic imine (C=N–C) groups is 1. The standard InChI is InChI=1S/C22H32FN7O.HI/c1-3-26-22(27-13-5-6-15-31-4-2)28-14-7-8-20-19(16-24)21(25)30(29-20)18-11-9-17(23)10-12-18;/h9-12H,3-8,13-15,25H2,1-2H3,(H2,26,27,28);1H. The number of aryl methyl sites for hydroxylation is 1. The highest BCUT2D eigenvalue weighted by atomic mass is 127. The molecule has 2 aromatic rings. The summed E-state index contributed by atoms with van der Waals surface area (Å²) in [6.45, 7) is 7.74. The van der Waals surface area contributed by atoms with Crippen LogP contribution < -0.4 is 16.4 Å². The number of nitrogen functional groups attached to an aromatic ring is 1. The lowest BCUT2D eigenvalue weighted by Crippen LogP contribution is -2.38. The number of benzene rings is 1. The average Bonchev–Trinajstić information content (AvgIpc) is 3.09. The number of hydrogen-bond acceptors (Lipinski definition) is 5. The Bertz CT molecular complexity index is 878. The fourth-order valence-electron chi connectivity index (χ4n) is 3.01. The maximum Gasteiger partial charge on any atom is 0.191 e. The van der Waals surface area contributed by atoms with Crippen LogP contribution in [-0.4, -0.2) is 48.6 Å². The summed E-state index contributed by atoms with van der Waals surface area (Å²) in [7, 11) is 0. The Morgan fingerprint density at radius 1 is 1.22 bits per heavy atom. The number of nitrogens with one attached hydrogen (secondary N) is 2.